The number of nitrogens with zero attached hydrogens (tertiary/aromatic N) is 4. The summed E-state index contributed by atoms with van der Waals surface area (Å²) in [6.07, 6.45) is 1.43. The highest BCUT2D eigenvalue weighted by molar-refractivity contribution is 5.92. The van der Waals surface area contributed by atoms with E-state index in [2.05, 4.69) is 30.1 Å². The molecule has 3 N–H and O–H groups in total. The summed E-state index contributed by atoms with van der Waals surface area (Å²) >= 11 is 0. The van der Waals surface area contributed by atoms with E-state index in [9.17, 15) is 4.79 Å². The highest BCUT2D eigenvalue weighted by Crippen LogP contribution is 2.21. The van der Waals surface area contributed by atoms with Gasteiger partial charge < -0.3 is 9.97 Å². The Bertz CT molecular complexity index is 941. The number of aryl methyl sites for hydroxylation is 1. The highest BCUT2D eigenvalue weighted by atomic mass is 16.1. The fourth-order valence-corrected chi connectivity index (χ4v) is 2.16. The smallest absolute Gasteiger partial charge is 0.326 e. The Morgan fingerprint density at radius 2 is 2.05 bits per heavy atom. The zero-order valence-electron chi connectivity index (χ0n) is 9.93. The van der Waals surface area contributed by atoms with Gasteiger partial charge in [0.05, 0.1) is 22.1 Å². The zero-order valence-corrected chi connectivity index (χ0v) is 9.93. The summed E-state index contributed by atoms with van der Waals surface area (Å²) in [5.74, 6) is 1.19. The van der Waals surface area contributed by atoms with Gasteiger partial charge in [0, 0.05) is 7.05 Å². The van der Waals surface area contributed by atoms with Crippen molar-refractivity contribution in [1.82, 2.24) is 34.7 Å². The van der Waals surface area contributed by atoms with Gasteiger partial charge in [-0.1, -0.05) is 0 Å². The second-order valence-electron chi connectivity index (χ2n) is 4.30. The van der Waals surface area contributed by atoms with Crippen LogP contribution in [0, 0.1) is 0 Å². The molecule has 94 valence electrons. The number of hydrogen-bond donors (Lipinski definition) is 3. The van der Waals surface area contributed by atoms with Gasteiger partial charge in [-0.3, -0.25) is 9.67 Å². The number of aromatic nitrogens is 7. The second-order valence-corrected chi connectivity index (χ2v) is 4.30. The summed E-state index contributed by atoms with van der Waals surface area (Å²) in [6, 6.07) is 3.72. The van der Waals surface area contributed by atoms with Crippen LogP contribution in [-0.4, -0.2) is 34.7 Å². The molecule has 0 aliphatic heterocycles. The number of H-pyrrole nitrogens is 3. The maximum absolute atomic E-state index is 11.5. The van der Waals surface area contributed by atoms with Crippen molar-refractivity contribution >= 4 is 22.1 Å². The van der Waals surface area contributed by atoms with Crippen LogP contribution in [0.5, 0.6) is 0 Å². The number of nitrogens with one attached hydrogen (secondary N) is 3. The predicted octanol–water partition coefficient (Wildman–Crippen LogP) is 0.528. The molecule has 4 rings (SSSR count). The largest absolute Gasteiger partial charge is 0.335 e. The SMILES string of the molecule is Cn1c(=O)[nH]c2cc3[nH]c(-c4ncn[nH]4)nc3cc21. The zero-order chi connectivity index (χ0) is 13.0. The van der Waals surface area contributed by atoms with E-state index in [0.29, 0.717) is 11.6 Å². The Kier molecular flexibility index (Phi) is 1.75. The minimum Gasteiger partial charge on any atom is -0.335 e. The van der Waals surface area contributed by atoms with Gasteiger partial charge in [0.25, 0.3) is 0 Å². The van der Waals surface area contributed by atoms with E-state index in [1.165, 1.54) is 6.33 Å². The Morgan fingerprint density at radius 1 is 1.16 bits per heavy atom. The molecule has 0 fully saturated rings. The minimum absolute atomic E-state index is 0.141. The predicted molar refractivity (Wildman–Crippen MR) is 68.6 cm³/mol. The summed E-state index contributed by atoms with van der Waals surface area (Å²) in [6.45, 7) is 0. The molecule has 4 aromatic rings. The van der Waals surface area contributed by atoms with Crippen molar-refractivity contribution in [2.75, 3.05) is 0 Å². The van der Waals surface area contributed by atoms with Crippen molar-refractivity contribution < 1.29 is 0 Å². The monoisotopic (exact) mass is 255 g/mol. The molecular formula is C11H9N7O. The summed E-state index contributed by atoms with van der Waals surface area (Å²) in [5, 5.41) is 6.54. The molecular weight excluding hydrogens is 246 g/mol. The molecule has 1 aromatic carbocycles. The minimum atomic E-state index is -0.141. The summed E-state index contributed by atoms with van der Waals surface area (Å²) in [7, 11) is 1.72. The first-order valence-corrected chi connectivity index (χ1v) is 5.66. The number of imidazole rings is 2. The fourth-order valence-electron chi connectivity index (χ4n) is 2.16. The Hall–Kier alpha value is -2.90. The third kappa shape index (κ3) is 1.33. The molecule has 0 radical (unpaired) electrons. The maximum atomic E-state index is 11.5. The van der Waals surface area contributed by atoms with Gasteiger partial charge in [0.2, 0.25) is 0 Å². The first kappa shape index (κ1) is 10.1. The van der Waals surface area contributed by atoms with Crippen molar-refractivity contribution in [2.45, 2.75) is 0 Å². The summed E-state index contributed by atoms with van der Waals surface area (Å²) in [5.41, 5.74) is 3.05. The Labute approximate surface area is 105 Å². The van der Waals surface area contributed by atoms with Crippen molar-refractivity contribution in [2.24, 2.45) is 7.05 Å². The van der Waals surface area contributed by atoms with Gasteiger partial charge in [-0.15, -0.1) is 0 Å². The van der Waals surface area contributed by atoms with Crippen molar-refractivity contribution in [3.8, 4) is 11.6 Å². The molecule has 0 saturated carbocycles. The van der Waals surface area contributed by atoms with E-state index in [1.54, 1.807) is 11.6 Å². The van der Waals surface area contributed by atoms with Crippen LogP contribution in [0.3, 0.4) is 0 Å². The van der Waals surface area contributed by atoms with Gasteiger partial charge in [0.1, 0.15) is 6.33 Å². The lowest BCUT2D eigenvalue weighted by atomic mass is 10.3. The molecule has 0 bridgehead atoms. The molecule has 3 heterocycles. The third-order valence-electron chi connectivity index (χ3n) is 3.15. The van der Waals surface area contributed by atoms with Crippen LogP contribution in [0.4, 0.5) is 0 Å². The van der Waals surface area contributed by atoms with Crippen molar-refractivity contribution in [3.05, 3.63) is 28.9 Å². The molecule has 8 nitrogen and oxygen atoms in total. The van der Waals surface area contributed by atoms with Crippen LogP contribution < -0.4 is 5.69 Å². The molecule has 0 saturated heterocycles. The van der Waals surface area contributed by atoms with Crippen LogP contribution in [0.15, 0.2) is 23.3 Å². The lowest BCUT2D eigenvalue weighted by Gasteiger charge is -1.92. The molecule has 0 atom stereocenters. The maximum Gasteiger partial charge on any atom is 0.326 e. The van der Waals surface area contributed by atoms with Crippen molar-refractivity contribution in [1.29, 1.82) is 0 Å². The van der Waals surface area contributed by atoms with Gasteiger partial charge >= 0.3 is 5.69 Å². The molecule has 0 amide bonds. The van der Waals surface area contributed by atoms with Gasteiger partial charge in [-0.25, -0.2) is 14.8 Å². The number of rotatable bonds is 1. The first-order valence-electron chi connectivity index (χ1n) is 5.66. The normalized spacial score (nSPS) is 11.6. The average Bonchev–Trinajstić information content (AvgIpc) is 3.08. The standard InChI is InChI=1S/C11H9N7O/c1-18-8-3-6-5(2-7(8)16-11(18)19)14-10(15-6)9-12-4-13-17-9/h2-4H,1H3,(H,14,15)(H,16,19)(H,12,13,17). The first-order chi connectivity index (χ1) is 9.22. The lowest BCUT2D eigenvalue weighted by Crippen LogP contribution is -2.11. The van der Waals surface area contributed by atoms with Crippen molar-refractivity contribution in [3.63, 3.8) is 0 Å². The van der Waals surface area contributed by atoms with E-state index in [1.807, 2.05) is 12.1 Å². The Morgan fingerprint density at radius 3 is 2.84 bits per heavy atom. The number of fused-ring (bicyclic) bond motifs is 2. The average molecular weight is 255 g/mol. The van der Waals surface area contributed by atoms with E-state index < -0.39 is 0 Å². The third-order valence-corrected chi connectivity index (χ3v) is 3.15. The molecule has 0 aliphatic carbocycles. The lowest BCUT2D eigenvalue weighted by molar-refractivity contribution is 0.892. The highest BCUT2D eigenvalue weighted by Gasteiger charge is 2.11. The fraction of sp³-hybridized carbons (Fsp3) is 0.0909. The van der Waals surface area contributed by atoms with Gasteiger partial charge in [0.15, 0.2) is 11.6 Å². The molecule has 8 heteroatoms. The second kappa shape index (κ2) is 3.31. The van der Waals surface area contributed by atoms with Crippen LogP contribution in [-0.2, 0) is 7.05 Å². The molecule has 0 spiro atoms. The van der Waals surface area contributed by atoms with E-state index in [-0.39, 0.29) is 5.69 Å². The van der Waals surface area contributed by atoms with Crippen LogP contribution in [0.25, 0.3) is 33.7 Å². The summed E-state index contributed by atoms with van der Waals surface area (Å²) < 4.78 is 1.55. The van der Waals surface area contributed by atoms with Gasteiger partial charge in [-0.2, -0.15) is 5.10 Å². The number of aromatic amines is 3. The molecule has 19 heavy (non-hydrogen) atoms. The quantitative estimate of drug-likeness (QED) is 0.461. The van der Waals surface area contributed by atoms with Crippen LogP contribution >= 0.6 is 0 Å². The number of hydrogen-bond acceptors (Lipinski definition) is 4. The summed E-state index contributed by atoms with van der Waals surface area (Å²) in [4.78, 5) is 26.0. The van der Waals surface area contributed by atoms with E-state index in [4.69, 9.17) is 0 Å². The Balaban J connectivity index is 2.04. The van der Waals surface area contributed by atoms with Crippen LogP contribution in [0.1, 0.15) is 0 Å². The molecule has 3 aromatic heterocycles. The molecule has 0 aliphatic rings. The van der Waals surface area contributed by atoms with E-state index >= 15 is 0 Å². The molecule has 0 unspecified atom stereocenters. The number of benzene rings is 1. The van der Waals surface area contributed by atoms with E-state index in [0.717, 1.165) is 22.1 Å². The van der Waals surface area contributed by atoms with Crippen LogP contribution in [0.2, 0.25) is 0 Å². The van der Waals surface area contributed by atoms with Gasteiger partial charge in [-0.05, 0) is 12.1 Å². The topological polar surface area (TPSA) is 108 Å².